The lowest BCUT2D eigenvalue weighted by molar-refractivity contribution is 0.0319. The molecule has 0 amide bonds. The number of hydrazine groups is 1. The number of halogens is 1. The molecule has 5 heteroatoms. The van der Waals surface area contributed by atoms with Crippen molar-refractivity contribution in [3.63, 3.8) is 0 Å². The van der Waals surface area contributed by atoms with Gasteiger partial charge in [-0.3, -0.25) is 16.3 Å². The minimum Gasteiger partial charge on any atom is -0.377 e. The molecule has 0 saturated carbocycles. The Labute approximate surface area is 107 Å². The van der Waals surface area contributed by atoms with Crippen LogP contribution in [-0.4, -0.2) is 23.7 Å². The predicted octanol–water partition coefficient (Wildman–Crippen LogP) is 1.92. The molecular weight excluding hydrogens is 238 g/mol. The molecule has 0 spiro atoms. The summed E-state index contributed by atoms with van der Waals surface area (Å²) in [5.41, 5.74) is 3.84. The second kappa shape index (κ2) is 7.61. The van der Waals surface area contributed by atoms with Gasteiger partial charge in [0.2, 0.25) is 0 Å². The predicted molar refractivity (Wildman–Crippen MR) is 69.8 cm³/mol. The summed E-state index contributed by atoms with van der Waals surface area (Å²) in [7, 11) is 0. The normalized spacial score (nSPS) is 14.6. The van der Waals surface area contributed by atoms with Crippen LogP contribution in [0.1, 0.15) is 25.8 Å². The minimum absolute atomic E-state index is 0.0554. The van der Waals surface area contributed by atoms with Gasteiger partial charge < -0.3 is 4.74 Å². The van der Waals surface area contributed by atoms with Gasteiger partial charge in [-0.15, -0.1) is 0 Å². The molecule has 0 aliphatic rings. The number of nitrogens with one attached hydrogen (secondary N) is 1. The maximum Gasteiger partial charge on any atom is 0.0741 e. The Morgan fingerprint density at radius 3 is 2.82 bits per heavy atom. The third-order valence-electron chi connectivity index (χ3n) is 2.74. The van der Waals surface area contributed by atoms with Crippen molar-refractivity contribution < 1.29 is 4.74 Å². The first-order valence-electron chi connectivity index (χ1n) is 5.89. The SMILES string of the molecule is CCOC(CC)C(Cc1ccncc1Cl)NN. The number of rotatable bonds is 7. The van der Waals surface area contributed by atoms with Gasteiger partial charge in [0.1, 0.15) is 0 Å². The first-order chi connectivity index (χ1) is 8.22. The van der Waals surface area contributed by atoms with E-state index in [0.29, 0.717) is 11.6 Å². The van der Waals surface area contributed by atoms with Gasteiger partial charge in [0, 0.05) is 19.0 Å². The number of aromatic nitrogens is 1. The van der Waals surface area contributed by atoms with Gasteiger partial charge in [0.25, 0.3) is 0 Å². The highest BCUT2D eigenvalue weighted by molar-refractivity contribution is 6.31. The molecule has 1 aromatic heterocycles. The third-order valence-corrected chi connectivity index (χ3v) is 3.08. The van der Waals surface area contributed by atoms with Crippen LogP contribution >= 0.6 is 11.6 Å². The Kier molecular flexibility index (Phi) is 6.44. The summed E-state index contributed by atoms with van der Waals surface area (Å²) < 4.78 is 5.66. The average molecular weight is 258 g/mol. The molecule has 0 aliphatic heterocycles. The second-order valence-corrected chi connectivity index (χ2v) is 4.25. The number of nitrogens with two attached hydrogens (primary N) is 1. The summed E-state index contributed by atoms with van der Waals surface area (Å²) in [6.45, 7) is 4.75. The molecule has 1 rings (SSSR count). The zero-order valence-electron chi connectivity index (χ0n) is 10.3. The van der Waals surface area contributed by atoms with E-state index in [0.717, 1.165) is 18.4 Å². The maximum atomic E-state index is 6.08. The Hall–Kier alpha value is -0.680. The zero-order chi connectivity index (χ0) is 12.7. The number of hydrogen-bond acceptors (Lipinski definition) is 4. The molecule has 17 heavy (non-hydrogen) atoms. The fourth-order valence-electron chi connectivity index (χ4n) is 1.84. The van der Waals surface area contributed by atoms with E-state index >= 15 is 0 Å². The molecule has 96 valence electrons. The van der Waals surface area contributed by atoms with Gasteiger partial charge >= 0.3 is 0 Å². The van der Waals surface area contributed by atoms with E-state index in [1.54, 1.807) is 12.4 Å². The Morgan fingerprint density at radius 2 is 2.29 bits per heavy atom. The molecule has 0 bridgehead atoms. The Morgan fingerprint density at radius 1 is 1.53 bits per heavy atom. The van der Waals surface area contributed by atoms with Crippen LogP contribution in [0, 0.1) is 0 Å². The highest BCUT2D eigenvalue weighted by Crippen LogP contribution is 2.17. The quantitative estimate of drug-likeness (QED) is 0.579. The summed E-state index contributed by atoms with van der Waals surface area (Å²) >= 11 is 6.08. The minimum atomic E-state index is 0.0554. The lowest BCUT2D eigenvalue weighted by Gasteiger charge is -2.25. The summed E-state index contributed by atoms with van der Waals surface area (Å²) in [6, 6.07) is 1.96. The molecule has 1 heterocycles. The highest BCUT2D eigenvalue weighted by atomic mass is 35.5. The number of nitrogens with zero attached hydrogens (tertiary/aromatic N) is 1. The van der Waals surface area contributed by atoms with Crippen LogP contribution in [0.2, 0.25) is 5.02 Å². The van der Waals surface area contributed by atoms with Crippen molar-refractivity contribution in [2.24, 2.45) is 5.84 Å². The smallest absolute Gasteiger partial charge is 0.0741 e. The van der Waals surface area contributed by atoms with Gasteiger partial charge in [-0.25, -0.2) is 0 Å². The first-order valence-corrected chi connectivity index (χ1v) is 6.26. The molecule has 0 radical (unpaired) electrons. The van der Waals surface area contributed by atoms with Gasteiger partial charge in [0.15, 0.2) is 0 Å². The van der Waals surface area contributed by atoms with Crippen molar-refractivity contribution in [2.45, 2.75) is 38.8 Å². The summed E-state index contributed by atoms with van der Waals surface area (Å²) in [4.78, 5) is 3.96. The van der Waals surface area contributed by atoms with E-state index in [1.165, 1.54) is 0 Å². The Bertz CT molecular complexity index is 335. The van der Waals surface area contributed by atoms with Gasteiger partial charge in [-0.2, -0.15) is 0 Å². The fraction of sp³-hybridized carbons (Fsp3) is 0.583. The van der Waals surface area contributed by atoms with E-state index in [9.17, 15) is 0 Å². The molecule has 3 N–H and O–H groups in total. The lowest BCUT2D eigenvalue weighted by atomic mass is 10.0. The lowest BCUT2D eigenvalue weighted by Crippen LogP contribution is -2.46. The monoisotopic (exact) mass is 257 g/mol. The van der Waals surface area contributed by atoms with E-state index < -0.39 is 0 Å². The van der Waals surface area contributed by atoms with E-state index in [4.69, 9.17) is 22.2 Å². The number of hydrogen-bond donors (Lipinski definition) is 2. The molecular formula is C12H20ClN3O. The molecule has 2 atom stereocenters. The van der Waals surface area contributed by atoms with Crippen molar-refractivity contribution >= 4 is 11.6 Å². The average Bonchev–Trinajstić information content (AvgIpc) is 2.35. The van der Waals surface area contributed by atoms with Crippen LogP contribution in [0.4, 0.5) is 0 Å². The van der Waals surface area contributed by atoms with Crippen LogP contribution < -0.4 is 11.3 Å². The number of pyridine rings is 1. The molecule has 4 nitrogen and oxygen atoms in total. The van der Waals surface area contributed by atoms with Gasteiger partial charge in [-0.05, 0) is 31.4 Å². The second-order valence-electron chi connectivity index (χ2n) is 3.85. The third kappa shape index (κ3) is 4.24. The highest BCUT2D eigenvalue weighted by Gasteiger charge is 2.20. The van der Waals surface area contributed by atoms with Gasteiger partial charge in [-0.1, -0.05) is 18.5 Å². The maximum absolute atomic E-state index is 6.08. The van der Waals surface area contributed by atoms with Crippen molar-refractivity contribution in [1.29, 1.82) is 0 Å². The molecule has 2 unspecified atom stereocenters. The largest absolute Gasteiger partial charge is 0.377 e. The van der Waals surface area contributed by atoms with Crippen LogP contribution in [0.15, 0.2) is 18.5 Å². The topological polar surface area (TPSA) is 60.2 Å². The summed E-state index contributed by atoms with van der Waals surface area (Å²) in [5.74, 6) is 5.59. The molecule has 0 aromatic carbocycles. The van der Waals surface area contributed by atoms with Crippen LogP contribution in [0.25, 0.3) is 0 Å². The van der Waals surface area contributed by atoms with Crippen molar-refractivity contribution in [3.05, 3.63) is 29.0 Å². The Balaban J connectivity index is 2.72. The van der Waals surface area contributed by atoms with Crippen molar-refractivity contribution in [3.8, 4) is 0 Å². The van der Waals surface area contributed by atoms with E-state index in [-0.39, 0.29) is 12.1 Å². The molecule has 1 aromatic rings. The van der Waals surface area contributed by atoms with E-state index in [2.05, 4.69) is 17.3 Å². The van der Waals surface area contributed by atoms with Crippen molar-refractivity contribution in [1.82, 2.24) is 10.4 Å². The zero-order valence-corrected chi connectivity index (χ0v) is 11.1. The van der Waals surface area contributed by atoms with Crippen LogP contribution in [-0.2, 0) is 11.2 Å². The summed E-state index contributed by atoms with van der Waals surface area (Å²) in [6.07, 6.45) is 5.11. The van der Waals surface area contributed by atoms with Gasteiger partial charge in [0.05, 0.1) is 17.2 Å². The van der Waals surface area contributed by atoms with E-state index in [1.807, 2.05) is 13.0 Å². The standard InChI is InChI=1S/C12H20ClN3O/c1-3-12(17-4-2)11(16-14)7-9-5-6-15-8-10(9)13/h5-6,8,11-12,16H,3-4,7,14H2,1-2H3. The molecule has 0 fully saturated rings. The van der Waals surface area contributed by atoms with Crippen LogP contribution in [0.3, 0.4) is 0 Å². The van der Waals surface area contributed by atoms with Crippen molar-refractivity contribution in [2.75, 3.05) is 6.61 Å². The van der Waals surface area contributed by atoms with Crippen LogP contribution in [0.5, 0.6) is 0 Å². The fourth-order valence-corrected chi connectivity index (χ4v) is 2.03. The molecule has 0 saturated heterocycles. The first kappa shape index (κ1) is 14.4. The molecule has 0 aliphatic carbocycles. The number of ether oxygens (including phenoxy) is 1. The summed E-state index contributed by atoms with van der Waals surface area (Å²) in [5, 5.41) is 0.666.